The molecule has 0 saturated heterocycles. The molecule has 0 spiro atoms. The molecule has 1 aliphatic rings. The van der Waals surface area contributed by atoms with Crippen LogP contribution < -0.4 is 10.7 Å². The molecule has 1 aliphatic carbocycles. The van der Waals surface area contributed by atoms with Crippen molar-refractivity contribution in [3.05, 3.63) is 70.5 Å². The van der Waals surface area contributed by atoms with Crippen molar-refractivity contribution in [3.8, 4) is 5.69 Å². The van der Waals surface area contributed by atoms with E-state index in [-0.39, 0.29) is 23.1 Å². The summed E-state index contributed by atoms with van der Waals surface area (Å²) in [7, 11) is 0. The predicted molar refractivity (Wildman–Crippen MR) is 102 cm³/mol. The number of rotatable bonds is 3. The van der Waals surface area contributed by atoms with Crippen LogP contribution in [0, 0.1) is 0 Å². The monoisotopic (exact) mass is 347 g/mol. The summed E-state index contributed by atoms with van der Waals surface area (Å²) >= 11 is 0. The van der Waals surface area contributed by atoms with Crippen LogP contribution in [0.1, 0.15) is 42.6 Å². The van der Waals surface area contributed by atoms with Crippen molar-refractivity contribution in [2.45, 2.75) is 38.1 Å². The second kappa shape index (κ2) is 7.12. The minimum atomic E-state index is -0.377. The molecule has 132 valence electrons. The van der Waals surface area contributed by atoms with E-state index in [1.807, 2.05) is 48.5 Å². The van der Waals surface area contributed by atoms with E-state index >= 15 is 0 Å². The van der Waals surface area contributed by atoms with E-state index in [2.05, 4.69) is 10.4 Å². The van der Waals surface area contributed by atoms with E-state index in [1.165, 1.54) is 6.42 Å². The molecule has 1 amide bonds. The summed E-state index contributed by atoms with van der Waals surface area (Å²) in [5, 5.41) is 7.93. The highest BCUT2D eigenvalue weighted by Gasteiger charge is 2.22. The highest BCUT2D eigenvalue weighted by molar-refractivity contribution is 5.95. The quantitative estimate of drug-likeness (QED) is 0.789. The number of hydrogen-bond donors (Lipinski definition) is 1. The molecule has 0 unspecified atom stereocenters. The Balaban J connectivity index is 1.81. The molecule has 0 radical (unpaired) electrons. The molecule has 1 aromatic heterocycles. The Morgan fingerprint density at radius 1 is 0.962 bits per heavy atom. The molecular formula is C21H21N3O2. The number of hydrogen-bond acceptors (Lipinski definition) is 3. The second-order valence-corrected chi connectivity index (χ2v) is 6.75. The van der Waals surface area contributed by atoms with Crippen LogP contribution in [-0.4, -0.2) is 21.7 Å². The van der Waals surface area contributed by atoms with Crippen LogP contribution in [0.3, 0.4) is 0 Å². The van der Waals surface area contributed by atoms with Gasteiger partial charge in [0, 0.05) is 6.04 Å². The number of fused-ring (bicyclic) bond motifs is 1. The van der Waals surface area contributed by atoms with Gasteiger partial charge in [-0.1, -0.05) is 49.6 Å². The maximum absolute atomic E-state index is 12.9. The zero-order valence-electron chi connectivity index (χ0n) is 14.5. The maximum Gasteiger partial charge on any atom is 0.276 e. The Kier molecular flexibility index (Phi) is 4.52. The van der Waals surface area contributed by atoms with Gasteiger partial charge >= 0.3 is 0 Å². The summed E-state index contributed by atoms with van der Waals surface area (Å²) in [6, 6.07) is 17.0. The fraction of sp³-hybridized carbons (Fsp3) is 0.286. The number of benzene rings is 2. The third kappa shape index (κ3) is 3.12. The van der Waals surface area contributed by atoms with Crippen molar-refractivity contribution < 1.29 is 4.79 Å². The Hall–Kier alpha value is -2.95. The van der Waals surface area contributed by atoms with Crippen LogP contribution in [-0.2, 0) is 0 Å². The van der Waals surface area contributed by atoms with Crippen LogP contribution in [0.2, 0.25) is 0 Å². The minimum absolute atomic E-state index is 0.0434. The van der Waals surface area contributed by atoms with Crippen molar-refractivity contribution >= 4 is 16.8 Å². The first-order valence-electron chi connectivity index (χ1n) is 9.12. The van der Waals surface area contributed by atoms with Gasteiger partial charge in [0.25, 0.3) is 5.91 Å². The number of aromatic nitrogens is 2. The number of para-hydroxylation sites is 2. The molecule has 1 fully saturated rings. The third-order valence-corrected chi connectivity index (χ3v) is 4.95. The van der Waals surface area contributed by atoms with Gasteiger partial charge in [-0.25, -0.2) is 4.68 Å². The summed E-state index contributed by atoms with van der Waals surface area (Å²) in [5.41, 5.74) is 1.15. The Morgan fingerprint density at radius 3 is 2.42 bits per heavy atom. The van der Waals surface area contributed by atoms with E-state index in [1.54, 1.807) is 10.7 Å². The van der Waals surface area contributed by atoms with Crippen LogP contribution in [0.15, 0.2) is 59.4 Å². The van der Waals surface area contributed by atoms with Crippen molar-refractivity contribution in [2.24, 2.45) is 0 Å². The average Bonchev–Trinajstić information content (AvgIpc) is 2.70. The first-order chi connectivity index (χ1) is 12.7. The zero-order valence-corrected chi connectivity index (χ0v) is 14.5. The maximum atomic E-state index is 12.9. The average molecular weight is 347 g/mol. The summed E-state index contributed by atoms with van der Waals surface area (Å²) in [6.07, 6.45) is 5.37. The molecule has 5 heteroatoms. The number of carbonyl (C=O) groups is 1. The molecule has 2 aromatic carbocycles. The van der Waals surface area contributed by atoms with E-state index < -0.39 is 0 Å². The van der Waals surface area contributed by atoms with Crippen LogP contribution in [0.25, 0.3) is 16.6 Å². The van der Waals surface area contributed by atoms with Gasteiger partial charge in [0.2, 0.25) is 5.43 Å². The first kappa shape index (κ1) is 16.5. The van der Waals surface area contributed by atoms with Gasteiger partial charge in [-0.15, -0.1) is 0 Å². The van der Waals surface area contributed by atoms with Crippen molar-refractivity contribution in [2.75, 3.05) is 0 Å². The number of carbonyl (C=O) groups excluding carboxylic acids is 1. The van der Waals surface area contributed by atoms with Crippen molar-refractivity contribution in [1.82, 2.24) is 15.1 Å². The lowest BCUT2D eigenvalue weighted by Gasteiger charge is -2.22. The Labute approximate surface area is 151 Å². The standard InChI is InChI=1S/C21H21N3O2/c25-20-17-13-7-8-14-18(17)24(16-11-5-2-6-12-16)23-19(20)21(26)22-15-9-3-1-4-10-15/h2,5-8,11-15H,1,3-4,9-10H2,(H,22,26). The number of nitrogens with one attached hydrogen (secondary N) is 1. The highest BCUT2D eigenvalue weighted by atomic mass is 16.2. The van der Waals surface area contributed by atoms with Gasteiger partial charge < -0.3 is 5.32 Å². The first-order valence-corrected chi connectivity index (χ1v) is 9.12. The van der Waals surface area contributed by atoms with Crippen LogP contribution >= 0.6 is 0 Å². The normalized spacial score (nSPS) is 15.1. The summed E-state index contributed by atoms with van der Waals surface area (Å²) in [6.45, 7) is 0. The van der Waals surface area contributed by atoms with Gasteiger partial charge in [0.15, 0.2) is 5.69 Å². The molecule has 1 heterocycles. The molecule has 26 heavy (non-hydrogen) atoms. The molecule has 0 atom stereocenters. The van der Waals surface area contributed by atoms with E-state index in [4.69, 9.17) is 0 Å². The molecular weight excluding hydrogens is 326 g/mol. The van der Waals surface area contributed by atoms with Crippen LogP contribution in [0.5, 0.6) is 0 Å². The largest absolute Gasteiger partial charge is 0.348 e. The smallest absolute Gasteiger partial charge is 0.276 e. The van der Waals surface area contributed by atoms with Gasteiger partial charge in [-0.2, -0.15) is 5.10 Å². The molecule has 5 nitrogen and oxygen atoms in total. The zero-order chi connectivity index (χ0) is 17.9. The number of amides is 1. The Morgan fingerprint density at radius 2 is 1.65 bits per heavy atom. The van der Waals surface area contributed by atoms with Gasteiger partial charge in [0.1, 0.15) is 0 Å². The van der Waals surface area contributed by atoms with Gasteiger partial charge in [0.05, 0.1) is 16.6 Å². The lowest BCUT2D eigenvalue weighted by atomic mass is 9.95. The molecule has 1 N–H and O–H groups in total. The molecule has 0 bridgehead atoms. The fourth-order valence-corrected chi connectivity index (χ4v) is 3.59. The lowest BCUT2D eigenvalue weighted by molar-refractivity contribution is 0.0920. The van der Waals surface area contributed by atoms with Gasteiger partial charge in [-0.3, -0.25) is 9.59 Å². The lowest BCUT2D eigenvalue weighted by Crippen LogP contribution is -2.39. The SMILES string of the molecule is O=C(NC1CCCCC1)c1nn(-c2ccccc2)c2ccccc2c1=O. The summed E-state index contributed by atoms with van der Waals surface area (Å²) in [4.78, 5) is 25.6. The summed E-state index contributed by atoms with van der Waals surface area (Å²) in [5.74, 6) is -0.377. The molecule has 1 saturated carbocycles. The van der Waals surface area contributed by atoms with E-state index in [0.29, 0.717) is 10.9 Å². The van der Waals surface area contributed by atoms with Gasteiger partial charge in [-0.05, 0) is 37.1 Å². The van der Waals surface area contributed by atoms with E-state index in [0.717, 1.165) is 31.4 Å². The topological polar surface area (TPSA) is 64.0 Å². The Bertz CT molecular complexity index is 989. The molecule has 3 aromatic rings. The molecule has 0 aliphatic heterocycles. The minimum Gasteiger partial charge on any atom is -0.348 e. The fourth-order valence-electron chi connectivity index (χ4n) is 3.59. The highest BCUT2D eigenvalue weighted by Crippen LogP contribution is 2.18. The molecule has 4 rings (SSSR count). The summed E-state index contributed by atoms with van der Waals surface area (Å²) < 4.78 is 1.67. The second-order valence-electron chi connectivity index (χ2n) is 6.75. The van der Waals surface area contributed by atoms with Crippen LogP contribution in [0.4, 0.5) is 0 Å². The van der Waals surface area contributed by atoms with Crippen molar-refractivity contribution in [1.29, 1.82) is 0 Å². The predicted octanol–water partition coefficient (Wildman–Crippen LogP) is 3.45. The third-order valence-electron chi connectivity index (χ3n) is 4.95. The van der Waals surface area contributed by atoms with Crippen molar-refractivity contribution in [3.63, 3.8) is 0 Å². The van der Waals surface area contributed by atoms with E-state index in [9.17, 15) is 9.59 Å². The number of nitrogens with zero attached hydrogens (tertiary/aromatic N) is 2.